The molecule has 41 heavy (non-hydrogen) atoms. The van der Waals surface area contributed by atoms with Crippen molar-refractivity contribution in [1.82, 2.24) is 19.8 Å². The quantitative estimate of drug-likeness (QED) is 0.224. The lowest BCUT2D eigenvalue weighted by molar-refractivity contribution is -0.128. The van der Waals surface area contributed by atoms with E-state index in [9.17, 15) is 4.79 Å². The normalized spacial score (nSPS) is 19.5. The highest BCUT2D eigenvalue weighted by molar-refractivity contribution is 7.17. The van der Waals surface area contributed by atoms with E-state index < -0.39 is 5.82 Å². The van der Waals surface area contributed by atoms with Gasteiger partial charge in [0.2, 0.25) is 12.5 Å². The minimum absolute atomic E-state index is 0.129. The lowest BCUT2D eigenvalue weighted by Gasteiger charge is -2.39. The van der Waals surface area contributed by atoms with Crippen LogP contribution in [-0.4, -0.2) is 84.1 Å². The maximum Gasteiger partial charge on any atom is 0.319 e. The Bertz CT molecular complexity index is 1670. The Kier molecular flexibility index (Phi) is 7.56. The number of fused-ring (bicyclic) bond motifs is 2. The number of likely N-dealkylation sites (tertiary alicyclic amines) is 1. The van der Waals surface area contributed by atoms with E-state index in [1.807, 2.05) is 40.6 Å². The number of hydrogen-bond acceptors (Lipinski definition) is 7. The minimum Gasteiger partial charge on any atom is -0.462 e. The molecule has 4 heterocycles. The highest BCUT2D eigenvalue weighted by Crippen LogP contribution is 2.38. The summed E-state index contributed by atoms with van der Waals surface area (Å²) >= 11 is 1.58. The number of likely N-dealkylation sites (N-methyl/N-ethyl adjacent to an activating group) is 1. The van der Waals surface area contributed by atoms with Crippen LogP contribution in [-0.2, 0) is 4.79 Å². The van der Waals surface area contributed by atoms with Crippen LogP contribution in [0.25, 0.3) is 37.0 Å². The Morgan fingerprint density at radius 1 is 1.20 bits per heavy atom. The van der Waals surface area contributed by atoms with Crippen molar-refractivity contribution in [3.63, 3.8) is 0 Å². The summed E-state index contributed by atoms with van der Waals surface area (Å²) < 4.78 is 23.6. The zero-order valence-corrected chi connectivity index (χ0v) is 23.7. The molecule has 210 valence electrons. The van der Waals surface area contributed by atoms with Crippen LogP contribution in [0.5, 0.6) is 6.01 Å². The van der Waals surface area contributed by atoms with Gasteiger partial charge in [0.25, 0.3) is 0 Å². The SMILES string of the molecule is [C-]#[N+]C[C@H]1CN(c2nc(OC[C@@H]3CCCN3C)nc3c(F)c(-c4cccc5ccsc45)ccc23)CCN1C(=O)C=C. The molecule has 0 aliphatic carbocycles. The summed E-state index contributed by atoms with van der Waals surface area (Å²) in [5, 5.41) is 3.65. The number of carbonyl (C=O) groups excluding carboxylic acids is 1. The standard InChI is InChI=1S/C31H31FN6O2S/c1-4-26(39)38-15-14-37(18-22(38)17-33-2)30-25-11-10-23(24-9-5-7-20-12-16-41-29(20)24)27(32)28(25)34-31(35-30)40-19-21-8-6-13-36(21)3/h4-5,7,9-12,16,21-22H,1,6,8,13-15,17-19H2,3H3/t21-,22-/m0/s1. The van der Waals surface area contributed by atoms with Crippen LogP contribution in [0.15, 0.2) is 54.4 Å². The summed E-state index contributed by atoms with van der Waals surface area (Å²) in [5.74, 6) is -0.0766. The average Bonchev–Trinajstić information content (AvgIpc) is 3.64. The fraction of sp³-hybridized carbons (Fsp3) is 0.355. The van der Waals surface area contributed by atoms with Gasteiger partial charge in [0.1, 0.15) is 24.0 Å². The van der Waals surface area contributed by atoms with Crippen LogP contribution in [0.3, 0.4) is 0 Å². The third kappa shape index (κ3) is 5.11. The zero-order valence-electron chi connectivity index (χ0n) is 22.9. The van der Waals surface area contributed by atoms with E-state index in [1.54, 1.807) is 22.3 Å². The van der Waals surface area contributed by atoms with Gasteiger partial charge in [-0.25, -0.2) is 11.0 Å². The first-order valence-electron chi connectivity index (χ1n) is 13.8. The third-order valence-electron chi connectivity index (χ3n) is 8.15. The molecular weight excluding hydrogens is 539 g/mol. The molecular formula is C31H31FN6O2S. The molecule has 2 fully saturated rings. The molecule has 2 saturated heterocycles. The number of aromatic nitrogens is 2. The van der Waals surface area contributed by atoms with E-state index >= 15 is 4.39 Å². The molecule has 2 aliphatic rings. The summed E-state index contributed by atoms with van der Waals surface area (Å²) in [6, 6.07) is 11.6. The van der Waals surface area contributed by atoms with E-state index in [4.69, 9.17) is 16.3 Å². The van der Waals surface area contributed by atoms with Gasteiger partial charge >= 0.3 is 6.01 Å². The number of halogens is 1. The molecule has 0 bridgehead atoms. The second kappa shape index (κ2) is 11.4. The van der Waals surface area contributed by atoms with Crippen LogP contribution in [0.4, 0.5) is 10.2 Å². The maximum atomic E-state index is 16.5. The summed E-state index contributed by atoms with van der Waals surface area (Å²) in [6.45, 7) is 13.9. The summed E-state index contributed by atoms with van der Waals surface area (Å²) in [6.07, 6.45) is 3.42. The monoisotopic (exact) mass is 570 g/mol. The predicted octanol–water partition coefficient (Wildman–Crippen LogP) is 5.25. The summed E-state index contributed by atoms with van der Waals surface area (Å²) in [5.41, 5.74) is 1.49. The molecule has 0 unspecified atom stereocenters. The molecule has 10 heteroatoms. The molecule has 0 saturated carbocycles. The number of benzene rings is 2. The van der Waals surface area contributed by atoms with Crippen molar-refractivity contribution in [3.8, 4) is 17.1 Å². The number of carbonyl (C=O) groups is 1. The number of hydrogen-bond donors (Lipinski definition) is 0. The minimum atomic E-state index is -0.423. The topological polar surface area (TPSA) is 66.2 Å². The third-order valence-corrected chi connectivity index (χ3v) is 9.12. The van der Waals surface area contributed by atoms with Crippen molar-refractivity contribution < 1.29 is 13.9 Å². The van der Waals surface area contributed by atoms with Crippen molar-refractivity contribution in [2.24, 2.45) is 0 Å². The molecule has 2 atom stereocenters. The van der Waals surface area contributed by atoms with Crippen molar-refractivity contribution in [1.29, 1.82) is 0 Å². The molecule has 4 aromatic rings. The van der Waals surface area contributed by atoms with Crippen molar-refractivity contribution in [2.45, 2.75) is 24.9 Å². The second-order valence-corrected chi connectivity index (χ2v) is 11.5. The average molecular weight is 571 g/mol. The lowest BCUT2D eigenvalue weighted by atomic mass is 10.0. The van der Waals surface area contributed by atoms with Crippen molar-refractivity contribution in [2.75, 3.05) is 51.3 Å². The Hall–Kier alpha value is -4.07. The van der Waals surface area contributed by atoms with Crippen LogP contribution < -0.4 is 9.64 Å². The van der Waals surface area contributed by atoms with Gasteiger partial charge in [-0.05, 0) is 55.4 Å². The van der Waals surface area contributed by atoms with Gasteiger partial charge in [0, 0.05) is 46.9 Å². The van der Waals surface area contributed by atoms with Crippen LogP contribution >= 0.6 is 11.3 Å². The number of ether oxygens (including phenoxy) is 1. The number of thiophene rings is 1. The van der Waals surface area contributed by atoms with E-state index in [-0.39, 0.29) is 36.1 Å². The summed E-state index contributed by atoms with van der Waals surface area (Å²) in [7, 11) is 2.08. The number of nitrogens with zero attached hydrogens (tertiary/aromatic N) is 6. The van der Waals surface area contributed by atoms with Gasteiger partial charge in [-0.2, -0.15) is 9.97 Å². The zero-order chi connectivity index (χ0) is 28.5. The van der Waals surface area contributed by atoms with E-state index in [0.29, 0.717) is 43.0 Å². The summed E-state index contributed by atoms with van der Waals surface area (Å²) in [4.78, 5) is 31.4. The first-order chi connectivity index (χ1) is 20.0. The van der Waals surface area contributed by atoms with Gasteiger partial charge in [0.05, 0.1) is 0 Å². The number of rotatable bonds is 7. The Morgan fingerprint density at radius 3 is 2.85 bits per heavy atom. The molecule has 1 amide bonds. The largest absolute Gasteiger partial charge is 0.462 e. The van der Waals surface area contributed by atoms with E-state index in [0.717, 1.165) is 35.0 Å². The Morgan fingerprint density at radius 2 is 2.07 bits per heavy atom. The highest BCUT2D eigenvalue weighted by Gasteiger charge is 2.33. The van der Waals surface area contributed by atoms with Crippen LogP contribution in [0.2, 0.25) is 0 Å². The number of amides is 1. The molecule has 0 radical (unpaired) electrons. The van der Waals surface area contributed by atoms with E-state index in [2.05, 4.69) is 28.4 Å². The second-order valence-electron chi connectivity index (χ2n) is 10.6. The fourth-order valence-electron chi connectivity index (χ4n) is 5.92. The van der Waals surface area contributed by atoms with Crippen LogP contribution in [0, 0.1) is 12.4 Å². The molecule has 8 nitrogen and oxygen atoms in total. The molecule has 2 aromatic heterocycles. The maximum absolute atomic E-state index is 16.5. The molecule has 2 aromatic carbocycles. The van der Waals surface area contributed by atoms with Gasteiger partial charge in [0.15, 0.2) is 5.82 Å². The highest BCUT2D eigenvalue weighted by atomic mass is 32.1. The first-order valence-corrected chi connectivity index (χ1v) is 14.7. The lowest BCUT2D eigenvalue weighted by Crippen LogP contribution is -2.56. The Labute approximate surface area is 242 Å². The molecule has 0 spiro atoms. The fourth-order valence-corrected chi connectivity index (χ4v) is 6.85. The van der Waals surface area contributed by atoms with E-state index in [1.165, 1.54) is 6.08 Å². The van der Waals surface area contributed by atoms with Gasteiger partial charge < -0.3 is 24.3 Å². The van der Waals surface area contributed by atoms with Crippen LogP contribution in [0.1, 0.15) is 12.8 Å². The predicted molar refractivity (Wildman–Crippen MR) is 161 cm³/mol. The number of piperazine rings is 1. The number of anilines is 1. The van der Waals surface area contributed by atoms with Gasteiger partial charge in [-0.1, -0.05) is 30.8 Å². The Balaban J connectivity index is 1.43. The van der Waals surface area contributed by atoms with Gasteiger partial charge in [-0.15, -0.1) is 11.3 Å². The first kappa shape index (κ1) is 27.1. The van der Waals surface area contributed by atoms with Crippen molar-refractivity contribution >= 4 is 44.1 Å². The molecule has 6 rings (SSSR count). The molecule has 2 aliphatic heterocycles. The smallest absolute Gasteiger partial charge is 0.319 e. The molecule has 0 N–H and O–H groups in total. The van der Waals surface area contributed by atoms with Crippen molar-refractivity contribution in [3.05, 3.63) is 71.7 Å². The van der Waals surface area contributed by atoms with Gasteiger partial charge in [-0.3, -0.25) is 4.79 Å².